The van der Waals surface area contributed by atoms with Crippen molar-refractivity contribution in [3.8, 4) is 5.75 Å². The van der Waals surface area contributed by atoms with E-state index in [1.54, 1.807) is 13.8 Å². The average Bonchev–Trinajstić information content (AvgIpc) is 2.48. The van der Waals surface area contributed by atoms with E-state index in [2.05, 4.69) is 4.98 Å². The molecule has 25 heavy (non-hydrogen) atoms. The van der Waals surface area contributed by atoms with Crippen LogP contribution in [0, 0.1) is 11.6 Å². The number of nitrogens with zero attached hydrogens (tertiary/aromatic N) is 1. The lowest BCUT2D eigenvalue weighted by Gasteiger charge is -2.16. The van der Waals surface area contributed by atoms with Crippen LogP contribution < -0.4 is 4.74 Å². The molecule has 0 saturated heterocycles. The summed E-state index contributed by atoms with van der Waals surface area (Å²) in [7, 11) is 0. The van der Waals surface area contributed by atoms with Crippen molar-refractivity contribution in [1.82, 2.24) is 4.98 Å². The number of pyridine rings is 1. The van der Waals surface area contributed by atoms with Crippen molar-refractivity contribution in [2.24, 2.45) is 0 Å². The van der Waals surface area contributed by atoms with Crippen LogP contribution in [0.2, 0.25) is 0 Å². The molecule has 0 aliphatic heterocycles. The van der Waals surface area contributed by atoms with E-state index in [0.717, 1.165) is 19.1 Å². The van der Waals surface area contributed by atoms with E-state index in [0.29, 0.717) is 0 Å². The minimum absolute atomic E-state index is 0.0110. The Kier molecular flexibility index (Phi) is 5.89. The molecule has 1 aromatic heterocycles. The van der Waals surface area contributed by atoms with Gasteiger partial charge in [-0.05, 0) is 19.9 Å². The monoisotopic (exact) mass is 371 g/mol. The zero-order chi connectivity index (χ0) is 18.7. The van der Waals surface area contributed by atoms with Gasteiger partial charge in [0.15, 0.2) is 17.4 Å². The molecule has 8 heteroatoms. The van der Waals surface area contributed by atoms with Crippen LogP contribution in [0.3, 0.4) is 0 Å². The second-order valence-corrected chi connectivity index (χ2v) is 6.09. The van der Waals surface area contributed by atoms with Crippen LogP contribution in [-0.4, -0.2) is 28.9 Å². The molecule has 0 fully saturated rings. The van der Waals surface area contributed by atoms with Crippen molar-refractivity contribution in [2.75, 3.05) is 6.61 Å². The van der Waals surface area contributed by atoms with Gasteiger partial charge in [-0.2, -0.15) is 0 Å². The van der Waals surface area contributed by atoms with Crippen LogP contribution in [0.15, 0.2) is 12.1 Å². The largest absolute Gasteiger partial charge is 0.462 e. The summed E-state index contributed by atoms with van der Waals surface area (Å²) < 4.78 is 37.4. The predicted molar refractivity (Wildman–Crippen MR) is 87.9 cm³/mol. The molecule has 1 unspecified atom stereocenters. The minimum atomic E-state index is -1.16. The highest BCUT2D eigenvalue weighted by atomic mass is 35.5. The summed E-state index contributed by atoms with van der Waals surface area (Å²) in [5, 5.41) is -0.420. The summed E-state index contributed by atoms with van der Waals surface area (Å²) in [6, 6.07) is 1.70. The smallest absolute Gasteiger partial charge is 0.343 e. The molecule has 0 N–H and O–H groups in total. The molecule has 0 aliphatic carbocycles. The van der Waals surface area contributed by atoms with Gasteiger partial charge in [0.1, 0.15) is 5.56 Å². The highest BCUT2D eigenvalue weighted by Gasteiger charge is 2.26. The van der Waals surface area contributed by atoms with Gasteiger partial charge in [0.25, 0.3) is 0 Å². The first kappa shape index (κ1) is 19.1. The molecule has 1 atom stereocenters. The van der Waals surface area contributed by atoms with Crippen molar-refractivity contribution >= 4 is 34.4 Å². The van der Waals surface area contributed by atoms with Gasteiger partial charge in [-0.1, -0.05) is 0 Å². The molecular weight excluding hydrogens is 356 g/mol. The van der Waals surface area contributed by atoms with E-state index in [1.807, 2.05) is 0 Å². The number of carbonyl (C=O) groups excluding carboxylic acids is 2. The van der Waals surface area contributed by atoms with Gasteiger partial charge in [-0.25, -0.2) is 13.6 Å². The molecule has 134 valence electrons. The van der Waals surface area contributed by atoms with Gasteiger partial charge >= 0.3 is 11.9 Å². The van der Waals surface area contributed by atoms with Gasteiger partial charge in [0.2, 0.25) is 0 Å². The summed E-state index contributed by atoms with van der Waals surface area (Å²) in [6.45, 7) is 4.49. The Morgan fingerprint density at radius 1 is 1.28 bits per heavy atom. The number of ether oxygens (including phenoxy) is 2. The first-order chi connectivity index (χ1) is 11.7. The maximum Gasteiger partial charge on any atom is 0.343 e. The molecule has 1 heterocycles. The number of hydrogen-bond acceptors (Lipinski definition) is 5. The SMILES string of the molecule is CCOC(=O)c1c(CC(C)Cl)nc2cc(F)c(F)cc2c1OC(C)=O. The molecule has 5 nitrogen and oxygen atoms in total. The fourth-order valence-corrected chi connectivity index (χ4v) is 2.50. The lowest BCUT2D eigenvalue weighted by molar-refractivity contribution is -0.131. The molecule has 0 saturated carbocycles. The maximum absolute atomic E-state index is 13.7. The van der Waals surface area contributed by atoms with Crippen LogP contribution in [0.1, 0.15) is 36.8 Å². The lowest BCUT2D eigenvalue weighted by atomic mass is 10.0. The van der Waals surface area contributed by atoms with Gasteiger partial charge in [0, 0.05) is 30.2 Å². The summed E-state index contributed by atoms with van der Waals surface area (Å²) in [5.41, 5.74) is 0.0919. The van der Waals surface area contributed by atoms with Crippen molar-refractivity contribution in [3.63, 3.8) is 0 Å². The Morgan fingerprint density at radius 3 is 2.48 bits per heavy atom. The summed E-state index contributed by atoms with van der Waals surface area (Å²) in [4.78, 5) is 28.1. The number of alkyl halides is 1. The van der Waals surface area contributed by atoms with E-state index in [9.17, 15) is 18.4 Å². The number of aromatic nitrogens is 1. The normalized spacial score (nSPS) is 12.1. The number of benzene rings is 1. The van der Waals surface area contributed by atoms with E-state index in [1.165, 1.54) is 0 Å². The van der Waals surface area contributed by atoms with E-state index in [4.69, 9.17) is 21.1 Å². The van der Waals surface area contributed by atoms with E-state index in [-0.39, 0.29) is 40.9 Å². The van der Waals surface area contributed by atoms with Crippen LogP contribution >= 0.6 is 11.6 Å². The Labute approximate surface area is 147 Å². The zero-order valence-electron chi connectivity index (χ0n) is 13.9. The summed E-state index contributed by atoms with van der Waals surface area (Å²) in [6.07, 6.45) is 0.138. The highest BCUT2D eigenvalue weighted by molar-refractivity contribution is 6.20. The first-order valence-corrected chi connectivity index (χ1v) is 7.99. The summed E-state index contributed by atoms with van der Waals surface area (Å²) in [5.74, 6) is -4.00. The van der Waals surface area contributed by atoms with Crippen LogP contribution in [0.4, 0.5) is 8.78 Å². The molecule has 0 spiro atoms. The highest BCUT2D eigenvalue weighted by Crippen LogP contribution is 2.34. The average molecular weight is 372 g/mol. The number of fused-ring (bicyclic) bond motifs is 1. The molecule has 0 amide bonds. The summed E-state index contributed by atoms with van der Waals surface area (Å²) >= 11 is 6.00. The number of carbonyl (C=O) groups is 2. The fraction of sp³-hybridized carbons (Fsp3) is 0.353. The van der Waals surface area contributed by atoms with Crippen molar-refractivity contribution in [1.29, 1.82) is 0 Å². The number of rotatable bonds is 5. The number of hydrogen-bond donors (Lipinski definition) is 0. The third-order valence-corrected chi connectivity index (χ3v) is 3.41. The third-order valence-electron chi connectivity index (χ3n) is 3.25. The Bertz CT molecular complexity index is 839. The lowest BCUT2D eigenvalue weighted by Crippen LogP contribution is -2.16. The topological polar surface area (TPSA) is 65.5 Å². The third kappa shape index (κ3) is 4.22. The molecule has 2 aromatic rings. The number of esters is 2. The second-order valence-electron chi connectivity index (χ2n) is 5.35. The van der Waals surface area contributed by atoms with Crippen molar-refractivity contribution in [3.05, 3.63) is 35.0 Å². The van der Waals surface area contributed by atoms with Crippen LogP contribution in [-0.2, 0) is 16.0 Å². The molecule has 2 rings (SSSR count). The molecule has 1 aromatic carbocycles. The van der Waals surface area contributed by atoms with Gasteiger partial charge in [-0.3, -0.25) is 9.78 Å². The zero-order valence-corrected chi connectivity index (χ0v) is 14.6. The van der Waals surface area contributed by atoms with Gasteiger partial charge in [0.05, 0.1) is 17.8 Å². The number of halogens is 3. The van der Waals surface area contributed by atoms with E-state index >= 15 is 0 Å². The quantitative estimate of drug-likeness (QED) is 0.591. The Hall–Kier alpha value is -2.28. The second kappa shape index (κ2) is 7.74. The van der Waals surface area contributed by atoms with Crippen LogP contribution in [0.25, 0.3) is 10.9 Å². The predicted octanol–water partition coefficient (Wildman–Crippen LogP) is 3.78. The Morgan fingerprint density at radius 2 is 1.92 bits per heavy atom. The van der Waals surface area contributed by atoms with Gasteiger partial charge < -0.3 is 9.47 Å². The fourth-order valence-electron chi connectivity index (χ4n) is 2.36. The van der Waals surface area contributed by atoms with Crippen molar-refractivity contribution in [2.45, 2.75) is 32.6 Å². The standard InChI is InChI=1S/C17H16ClF2NO4/c1-4-24-17(23)15-14(5-8(2)18)21-13-7-12(20)11(19)6-10(13)16(15)25-9(3)22/h6-8H,4-5H2,1-3H3. The van der Waals surface area contributed by atoms with Crippen LogP contribution in [0.5, 0.6) is 5.75 Å². The minimum Gasteiger partial charge on any atom is -0.462 e. The maximum atomic E-state index is 13.7. The van der Waals surface area contributed by atoms with Crippen molar-refractivity contribution < 1.29 is 27.8 Å². The molecule has 0 aliphatic rings. The van der Waals surface area contributed by atoms with E-state index < -0.39 is 29.0 Å². The molecule has 0 radical (unpaired) electrons. The molecule has 0 bridgehead atoms. The molecular formula is C17H16ClF2NO4. The Balaban J connectivity index is 2.86. The van der Waals surface area contributed by atoms with Gasteiger partial charge in [-0.15, -0.1) is 11.6 Å². The first-order valence-electron chi connectivity index (χ1n) is 7.55.